The molecule has 2 heterocycles. The molecule has 0 spiro atoms. The van der Waals surface area contributed by atoms with E-state index in [1.807, 2.05) is 24.5 Å². The Morgan fingerprint density at radius 1 is 1.30 bits per heavy atom. The maximum absolute atomic E-state index is 12.7. The first-order valence-electron chi connectivity index (χ1n) is 8.96. The number of pyridine rings is 1. The smallest absolute Gasteiger partial charge is 0.254 e. The fourth-order valence-corrected chi connectivity index (χ4v) is 3.73. The summed E-state index contributed by atoms with van der Waals surface area (Å²) >= 11 is 1.47. The molecule has 0 bridgehead atoms. The zero-order chi connectivity index (χ0) is 19.1. The van der Waals surface area contributed by atoms with Gasteiger partial charge in [0.05, 0.1) is 31.9 Å². The number of ether oxygens (including phenoxy) is 2. The van der Waals surface area contributed by atoms with E-state index >= 15 is 0 Å². The van der Waals surface area contributed by atoms with Crippen LogP contribution < -0.4 is 10.1 Å². The lowest BCUT2D eigenvalue weighted by atomic mass is 10.0. The van der Waals surface area contributed by atoms with Crippen LogP contribution in [0.3, 0.4) is 0 Å². The summed E-state index contributed by atoms with van der Waals surface area (Å²) in [5.41, 5.74) is 1.76. The van der Waals surface area contributed by atoms with E-state index in [9.17, 15) is 4.79 Å². The molecule has 0 unspecified atom stereocenters. The van der Waals surface area contributed by atoms with Gasteiger partial charge in [-0.1, -0.05) is 12.1 Å². The van der Waals surface area contributed by atoms with Crippen molar-refractivity contribution in [3.05, 3.63) is 53.7 Å². The zero-order valence-electron chi connectivity index (χ0n) is 15.7. The number of hydrogen-bond donors (Lipinski definition) is 1. The van der Waals surface area contributed by atoms with Gasteiger partial charge in [-0.2, -0.15) is 0 Å². The van der Waals surface area contributed by atoms with Gasteiger partial charge < -0.3 is 14.8 Å². The first-order valence-corrected chi connectivity index (χ1v) is 10.2. The molecule has 0 radical (unpaired) electrons. The summed E-state index contributed by atoms with van der Waals surface area (Å²) in [6.07, 6.45) is 3.63. The normalized spacial score (nSPS) is 15.9. The maximum atomic E-state index is 12.7. The molecule has 1 fully saturated rings. The quantitative estimate of drug-likeness (QED) is 0.737. The Balaban J connectivity index is 1.75. The molecule has 1 aliphatic rings. The van der Waals surface area contributed by atoms with Crippen molar-refractivity contribution in [1.82, 2.24) is 15.2 Å². The molecule has 27 heavy (non-hydrogen) atoms. The summed E-state index contributed by atoms with van der Waals surface area (Å²) in [6, 6.07) is 11.7. The lowest BCUT2D eigenvalue weighted by molar-refractivity contribution is 0.0162. The van der Waals surface area contributed by atoms with Gasteiger partial charge in [-0.3, -0.25) is 9.69 Å². The number of hydrogen-bond acceptors (Lipinski definition) is 6. The van der Waals surface area contributed by atoms with Crippen molar-refractivity contribution in [3.63, 3.8) is 0 Å². The average Bonchev–Trinajstić information content (AvgIpc) is 2.75. The van der Waals surface area contributed by atoms with Gasteiger partial charge in [0, 0.05) is 25.8 Å². The van der Waals surface area contributed by atoms with E-state index in [0.29, 0.717) is 25.3 Å². The maximum Gasteiger partial charge on any atom is 0.254 e. The fraction of sp³-hybridized carbons (Fsp3) is 0.400. The average molecular weight is 388 g/mol. The van der Waals surface area contributed by atoms with Crippen LogP contribution in [0.4, 0.5) is 0 Å². The van der Waals surface area contributed by atoms with Gasteiger partial charge in [0.25, 0.3) is 5.91 Å². The van der Waals surface area contributed by atoms with Crippen molar-refractivity contribution in [2.24, 2.45) is 0 Å². The first kappa shape index (κ1) is 19.7. The van der Waals surface area contributed by atoms with E-state index in [1.54, 1.807) is 19.4 Å². The molecule has 144 valence electrons. The SMILES string of the molecule is COc1ccc([C@@H](CNC(=O)c2cccnc2SC)N2CCOCC2)cc1. The Labute approximate surface area is 164 Å². The van der Waals surface area contributed by atoms with E-state index in [-0.39, 0.29) is 11.9 Å². The second-order valence-electron chi connectivity index (χ2n) is 6.21. The number of nitrogens with one attached hydrogen (secondary N) is 1. The second kappa shape index (κ2) is 9.73. The van der Waals surface area contributed by atoms with Gasteiger partial charge in [-0.15, -0.1) is 11.8 Å². The largest absolute Gasteiger partial charge is 0.497 e. The van der Waals surface area contributed by atoms with Gasteiger partial charge in [-0.25, -0.2) is 4.98 Å². The minimum atomic E-state index is -0.0979. The third kappa shape index (κ3) is 5.00. The molecule has 1 aromatic carbocycles. The van der Waals surface area contributed by atoms with Crippen LogP contribution in [-0.4, -0.2) is 62.0 Å². The Morgan fingerprint density at radius 2 is 2.04 bits per heavy atom. The Bertz CT molecular complexity index is 748. The molecular weight excluding hydrogens is 362 g/mol. The summed E-state index contributed by atoms with van der Waals surface area (Å²) in [4.78, 5) is 19.3. The minimum absolute atomic E-state index is 0.0816. The molecule has 1 N–H and O–H groups in total. The lowest BCUT2D eigenvalue weighted by Gasteiger charge is -2.35. The summed E-state index contributed by atoms with van der Waals surface area (Å²) in [5, 5.41) is 3.83. The van der Waals surface area contributed by atoms with Crippen LogP contribution in [0.1, 0.15) is 22.0 Å². The molecular formula is C20H25N3O3S. The zero-order valence-corrected chi connectivity index (χ0v) is 16.5. The van der Waals surface area contributed by atoms with Crippen molar-refractivity contribution < 1.29 is 14.3 Å². The molecule has 1 atom stereocenters. The van der Waals surface area contributed by atoms with Gasteiger partial charge in [0.15, 0.2) is 0 Å². The molecule has 6 nitrogen and oxygen atoms in total. The van der Waals surface area contributed by atoms with Gasteiger partial charge >= 0.3 is 0 Å². The Morgan fingerprint density at radius 3 is 2.70 bits per heavy atom. The molecule has 1 amide bonds. The minimum Gasteiger partial charge on any atom is -0.497 e. The number of aromatic nitrogens is 1. The highest BCUT2D eigenvalue weighted by molar-refractivity contribution is 7.98. The van der Waals surface area contributed by atoms with Crippen LogP contribution in [0.25, 0.3) is 0 Å². The molecule has 0 saturated carbocycles. The second-order valence-corrected chi connectivity index (χ2v) is 7.00. The number of carbonyl (C=O) groups excluding carboxylic acids is 1. The number of morpholine rings is 1. The van der Waals surface area contributed by atoms with E-state index in [0.717, 1.165) is 29.4 Å². The van der Waals surface area contributed by atoms with Crippen LogP contribution in [0.15, 0.2) is 47.6 Å². The standard InChI is InChI=1S/C20H25N3O3S/c1-25-16-7-5-15(6-8-16)18(23-10-12-26-13-11-23)14-22-19(24)17-4-3-9-21-20(17)27-2/h3-9,18H,10-14H2,1-2H3,(H,22,24)/t18-/m1/s1. The van der Waals surface area contributed by atoms with Crippen LogP contribution >= 0.6 is 11.8 Å². The number of benzene rings is 1. The highest BCUT2D eigenvalue weighted by Gasteiger charge is 2.24. The van der Waals surface area contributed by atoms with Gasteiger partial charge in [0.1, 0.15) is 10.8 Å². The molecule has 0 aliphatic carbocycles. The number of methoxy groups -OCH3 is 1. The predicted molar refractivity (Wildman–Crippen MR) is 106 cm³/mol. The van der Waals surface area contributed by atoms with E-state index in [4.69, 9.17) is 9.47 Å². The van der Waals surface area contributed by atoms with Crippen molar-refractivity contribution >= 4 is 17.7 Å². The van der Waals surface area contributed by atoms with Gasteiger partial charge in [-0.05, 0) is 36.1 Å². The Hall–Kier alpha value is -2.09. The van der Waals surface area contributed by atoms with Crippen molar-refractivity contribution in [1.29, 1.82) is 0 Å². The van der Waals surface area contributed by atoms with E-state index in [1.165, 1.54) is 11.8 Å². The van der Waals surface area contributed by atoms with Crippen molar-refractivity contribution in [3.8, 4) is 5.75 Å². The molecule has 3 rings (SSSR count). The number of nitrogens with zero attached hydrogens (tertiary/aromatic N) is 2. The summed E-state index contributed by atoms with van der Waals surface area (Å²) in [5.74, 6) is 0.725. The highest BCUT2D eigenvalue weighted by Crippen LogP contribution is 2.24. The topological polar surface area (TPSA) is 63.7 Å². The summed E-state index contributed by atoms with van der Waals surface area (Å²) < 4.78 is 10.8. The number of rotatable bonds is 7. The third-order valence-corrected chi connectivity index (χ3v) is 5.36. The first-order chi connectivity index (χ1) is 13.2. The van der Waals surface area contributed by atoms with Crippen LogP contribution in [0, 0.1) is 0 Å². The summed E-state index contributed by atoms with van der Waals surface area (Å²) in [7, 11) is 1.66. The molecule has 1 saturated heterocycles. The fourth-order valence-electron chi connectivity index (χ4n) is 3.18. The Kier molecular flexibility index (Phi) is 7.09. The van der Waals surface area contributed by atoms with E-state index < -0.39 is 0 Å². The van der Waals surface area contributed by atoms with Crippen molar-refractivity contribution in [2.75, 3.05) is 46.2 Å². The highest BCUT2D eigenvalue weighted by atomic mass is 32.2. The molecule has 1 aromatic heterocycles. The predicted octanol–water partition coefficient (Wildman–Crippen LogP) is 2.62. The number of amides is 1. The van der Waals surface area contributed by atoms with Crippen LogP contribution in [-0.2, 0) is 4.74 Å². The molecule has 7 heteroatoms. The number of thioether (sulfide) groups is 1. The van der Waals surface area contributed by atoms with Crippen LogP contribution in [0.2, 0.25) is 0 Å². The number of carbonyl (C=O) groups is 1. The lowest BCUT2D eigenvalue weighted by Crippen LogP contribution is -2.43. The monoisotopic (exact) mass is 387 g/mol. The summed E-state index contributed by atoms with van der Waals surface area (Å²) in [6.45, 7) is 3.62. The molecule has 1 aliphatic heterocycles. The molecule has 2 aromatic rings. The third-order valence-electron chi connectivity index (χ3n) is 4.65. The van der Waals surface area contributed by atoms with E-state index in [2.05, 4.69) is 27.3 Å². The van der Waals surface area contributed by atoms with Gasteiger partial charge in [0.2, 0.25) is 0 Å². The van der Waals surface area contributed by atoms with Crippen molar-refractivity contribution in [2.45, 2.75) is 11.1 Å². The van der Waals surface area contributed by atoms with Crippen LogP contribution in [0.5, 0.6) is 5.75 Å².